The molecule has 0 aliphatic carbocycles. The zero-order valence-electron chi connectivity index (χ0n) is 9.15. The van der Waals surface area contributed by atoms with Gasteiger partial charge in [-0.2, -0.15) is 0 Å². The standard InChI is InChI=1S/C13H15NO2/c1-10(13(15)16)14-8-6-11-4-2-3-5-12(11)7-9-14/h2-5H,1,6-9H2,(H,15,16). The second-order valence-corrected chi connectivity index (χ2v) is 4.01. The van der Waals surface area contributed by atoms with Crippen molar-refractivity contribution >= 4 is 5.97 Å². The van der Waals surface area contributed by atoms with Crippen LogP contribution < -0.4 is 0 Å². The lowest BCUT2D eigenvalue weighted by molar-refractivity contribution is -0.134. The maximum atomic E-state index is 10.8. The van der Waals surface area contributed by atoms with E-state index in [1.54, 1.807) is 0 Å². The number of rotatable bonds is 2. The Morgan fingerprint density at radius 3 is 2.12 bits per heavy atom. The summed E-state index contributed by atoms with van der Waals surface area (Å²) in [5.74, 6) is -0.925. The van der Waals surface area contributed by atoms with Crippen LogP contribution in [-0.4, -0.2) is 29.1 Å². The third-order valence-corrected chi connectivity index (χ3v) is 3.05. The van der Waals surface area contributed by atoms with Crippen LogP contribution in [0.25, 0.3) is 0 Å². The van der Waals surface area contributed by atoms with E-state index in [-0.39, 0.29) is 5.70 Å². The van der Waals surface area contributed by atoms with E-state index in [4.69, 9.17) is 5.11 Å². The molecule has 0 amide bonds. The first-order chi connectivity index (χ1) is 7.68. The normalized spacial score (nSPS) is 15.1. The molecule has 0 radical (unpaired) electrons. The third kappa shape index (κ3) is 2.08. The van der Waals surface area contributed by atoms with Gasteiger partial charge in [0, 0.05) is 13.1 Å². The molecule has 1 heterocycles. The number of aliphatic carboxylic acids is 1. The summed E-state index contributed by atoms with van der Waals surface area (Å²) in [5.41, 5.74) is 2.85. The average molecular weight is 217 g/mol. The first-order valence-corrected chi connectivity index (χ1v) is 5.42. The third-order valence-electron chi connectivity index (χ3n) is 3.05. The maximum Gasteiger partial charge on any atom is 0.351 e. The van der Waals surface area contributed by atoms with Gasteiger partial charge in [0.2, 0.25) is 0 Å². The maximum absolute atomic E-state index is 10.8. The Kier molecular flexibility index (Phi) is 2.95. The Balaban J connectivity index is 2.13. The minimum atomic E-state index is -0.925. The van der Waals surface area contributed by atoms with E-state index in [1.165, 1.54) is 11.1 Å². The number of hydrogen-bond donors (Lipinski definition) is 1. The highest BCUT2D eigenvalue weighted by atomic mass is 16.4. The van der Waals surface area contributed by atoms with Crippen LogP contribution in [0.15, 0.2) is 36.5 Å². The summed E-state index contributed by atoms with van der Waals surface area (Å²) in [6.07, 6.45) is 1.78. The molecule has 0 saturated carbocycles. The molecule has 2 rings (SSSR count). The van der Waals surface area contributed by atoms with Crippen molar-refractivity contribution in [3.05, 3.63) is 47.7 Å². The van der Waals surface area contributed by atoms with E-state index >= 15 is 0 Å². The largest absolute Gasteiger partial charge is 0.477 e. The lowest BCUT2D eigenvalue weighted by Gasteiger charge is -2.21. The minimum Gasteiger partial charge on any atom is -0.477 e. The van der Waals surface area contributed by atoms with Gasteiger partial charge in [0.25, 0.3) is 0 Å². The zero-order valence-corrected chi connectivity index (χ0v) is 9.15. The summed E-state index contributed by atoms with van der Waals surface area (Å²) in [7, 11) is 0. The summed E-state index contributed by atoms with van der Waals surface area (Å²) in [4.78, 5) is 12.7. The fourth-order valence-corrected chi connectivity index (χ4v) is 2.07. The average Bonchev–Trinajstić information content (AvgIpc) is 2.50. The van der Waals surface area contributed by atoms with Crippen LogP contribution in [0.4, 0.5) is 0 Å². The van der Waals surface area contributed by atoms with Gasteiger partial charge in [-0.1, -0.05) is 30.8 Å². The Labute approximate surface area is 95.0 Å². The second kappa shape index (κ2) is 4.39. The molecule has 1 aromatic rings. The highest BCUT2D eigenvalue weighted by Gasteiger charge is 2.17. The number of carboxylic acids is 1. The Morgan fingerprint density at radius 1 is 1.19 bits per heavy atom. The van der Waals surface area contributed by atoms with Crippen LogP contribution in [0.2, 0.25) is 0 Å². The zero-order chi connectivity index (χ0) is 11.5. The van der Waals surface area contributed by atoms with Gasteiger partial charge in [0.15, 0.2) is 0 Å². The van der Waals surface area contributed by atoms with Crippen LogP contribution in [-0.2, 0) is 17.6 Å². The molecule has 1 aliphatic rings. The predicted molar refractivity (Wildman–Crippen MR) is 62.2 cm³/mol. The highest BCUT2D eigenvalue weighted by molar-refractivity contribution is 5.85. The fraction of sp³-hybridized carbons (Fsp3) is 0.308. The molecular formula is C13H15NO2. The lowest BCUT2D eigenvalue weighted by atomic mass is 10.0. The summed E-state index contributed by atoms with van der Waals surface area (Å²) >= 11 is 0. The molecule has 84 valence electrons. The molecule has 0 unspecified atom stereocenters. The molecule has 1 aliphatic heterocycles. The van der Waals surface area contributed by atoms with Crippen molar-refractivity contribution in [1.82, 2.24) is 4.90 Å². The van der Waals surface area contributed by atoms with Gasteiger partial charge in [0.05, 0.1) is 0 Å². The number of carboxylic acid groups (broad SMARTS) is 1. The molecular weight excluding hydrogens is 202 g/mol. The number of nitrogens with zero attached hydrogens (tertiary/aromatic N) is 1. The smallest absolute Gasteiger partial charge is 0.351 e. The lowest BCUT2D eigenvalue weighted by Crippen LogP contribution is -2.29. The molecule has 0 aromatic heterocycles. The molecule has 16 heavy (non-hydrogen) atoms. The van der Waals surface area contributed by atoms with Crippen molar-refractivity contribution in [3.8, 4) is 0 Å². The topological polar surface area (TPSA) is 40.5 Å². The molecule has 0 fully saturated rings. The number of hydrogen-bond acceptors (Lipinski definition) is 2. The van der Waals surface area contributed by atoms with Crippen LogP contribution in [0.5, 0.6) is 0 Å². The van der Waals surface area contributed by atoms with Crippen molar-refractivity contribution < 1.29 is 9.90 Å². The Bertz CT molecular complexity index is 399. The van der Waals surface area contributed by atoms with E-state index in [1.807, 2.05) is 17.0 Å². The van der Waals surface area contributed by atoms with Gasteiger partial charge in [-0.25, -0.2) is 4.79 Å². The molecule has 0 spiro atoms. The van der Waals surface area contributed by atoms with Gasteiger partial charge < -0.3 is 10.0 Å². The number of benzene rings is 1. The quantitative estimate of drug-likeness (QED) is 0.766. The molecule has 0 bridgehead atoms. The van der Waals surface area contributed by atoms with Gasteiger partial charge in [-0.3, -0.25) is 0 Å². The minimum absolute atomic E-state index is 0.202. The molecule has 1 N–H and O–H groups in total. The van der Waals surface area contributed by atoms with Crippen LogP contribution in [0, 0.1) is 0 Å². The molecule has 0 atom stereocenters. The van der Waals surface area contributed by atoms with Crippen molar-refractivity contribution in [3.63, 3.8) is 0 Å². The Hall–Kier alpha value is -1.77. The first kappa shape index (κ1) is 10.7. The molecule has 1 aromatic carbocycles. The molecule has 0 saturated heterocycles. The fourth-order valence-electron chi connectivity index (χ4n) is 2.07. The van der Waals surface area contributed by atoms with Gasteiger partial charge in [0.1, 0.15) is 5.70 Å². The summed E-state index contributed by atoms with van der Waals surface area (Å²) in [6, 6.07) is 8.28. The van der Waals surface area contributed by atoms with E-state index in [9.17, 15) is 4.79 Å². The summed E-state index contributed by atoms with van der Waals surface area (Å²) < 4.78 is 0. The van der Waals surface area contributed by atoms with E-state index in [0.29, 0.717) is 0 Å². The van der Waals surface area contributed by atoms with Crippen LogP contribution >= 0.6 is 0 Å². The van der Waals surface area contributed by atoms with Crippen molar-refractivity contribution in [1.29, 1.82) is 0 Å². The van der Waals surface area contributed by atoms with E-state index < -0.39 is 5.97 Å². The van der Waals surface area contributed by atoms with Crippen molar-refractivity contribution in [2.24, 2.45) is 0 Å². The number of fused-ring (bicyclic) bond motifs is 1. The SMILES string of the molecule is C=C(C(=O)O)N1CCc2ccccc2CC1. The van der Waals surface area contributed by atoms with Crippen molar-refractivity contribution in [2.45, 2.75) is 12.8 Å². The predicted octanol–water partition coefficient (Wildman–Crippen LogP) is 1.69. The van der Waals surface area contributed by atoms with Crippen LogP contribution in [0.3, 0.4) is 0 Å². The first-order valence-electron chi connectivity index (χ1n) is 5.42. The second-order valence-electron chi connectivity index (χ2n) is 4.01. The highest BCUT2D eigenvalue weighted by Crippen LogP contribution is 2.17. The van der Waals surface area contributed by atoms with Gasteiger partial charge in [-0.05, 0) is 24.0 Å². The summed E-state index contributed by atoms with van der Waals surface area (Å²) in [6.45, 7) is 5.09. The number of carbonyl (C=O) groups is 1. The van der Waals surface area contributed by atoms with Gasteiger partial charge >= 0.3 is 5.97 Å². The van der Waals surface area contributed by atoms with Gasteiger partial charge in [-0.15, -0.1) is 0 Å². The molecule has 3 nitrogen and oxygen atoms in total. The van der Waals surface area contributed by atoms with Crippen LogP contribution in [0.1, 0.15) is 11.1 Å². The van der Waals surface area contributed by atoms with E-state index in [2.05, 4.69) is 18.7 Å². The van der Waals surface area contributed by atoms with Crippen molar-refractivity contribution in [2.75, 3.05) is 13.1 Å². The summed E-state index contributed by atoms with van der Waals surface area (Å²) in [5, 5.41) is 8.90. The molecule has 3 heteroatoms. The monoisotopic (exact) mass is 217 g/mol. The Morgan fingerprint density at radius 2 is 1.69 bits per heavy atom. The van der Waals surface area contributed by atoms with E-state index in [0.717, 1.165) is 25.9 Å².